The average Bonchev–Trinajstić information content (AvgIpc) is 2.14. The summed E-state index contributed by atoms with van der Waals surface area (Å²) in [5.41, 5.74) is 0.815. The second kappa shape index (κ2) is 4.96. The lowest BCUT2D eigenvalue weighted by molar-refractivity contribution is -0.118. The highest BCUT2D eigenvalue weighted by molar-refractivity contribution is 6.76. The molecule has 0 bridgehead atoms. The van der Waals surface area contributed by atoms with Crippen LogP contribution in [0.1, 0.15) is 12.1 Å². The van der Waals surface area contributed by atoms with E-state index in [0.717, 1.165) is 5.69 Å². The molecule has 76 valence electrons. The van der Waals surface area contributed by atoms with Gasteiger partial charge in [0.2, 0.25) is 3.79 Å². The number of carbonyl (C=O) groups excluding carboxylic acids is 1. The highest BCUT2D eigenvalue weighted by Gasteiger charge is 2.29. The predicted octanol–water partition coefficient (Wildman–Crippen LogP) is 2.95. The standard InChI is InChI=1S/C9H8Cl3NO/c10-9(11,12)8(14)5-4-7-3-1-2-6-13-7/h1-3,6H,4-5H2. The molecule has 5 heteroatoms. The van der Waals surface area contributed by atoms with Gasteiger partial charge in [0.1, 0.15) is 0 Å². The van der Waals surface area contributed by atoms with Crippen LogP contribution < -0.4 is 0 Å². The Kier molecular flexibility index (Phi) is 4.17. The molecule has 0 saturated heterocycles. The lowest BCUT2D eigenvalue weighted by atomic mass is 10.2. The molecule has 0 aromatic carbocycles. The fraction of sp³-hybridized carbons (Fsp3) is 0.333. The van der Waals surface area contributed by atoms with Gasteiger partial charge in [-0.2, -0.15) is 0 Å². The van der Waals surface area contributed by atoms with Gasteiger partial charge < -0.3 is 0 Å². The zero-order valence-electron chi connectivity index (χ0n) is 7.21. The van der Waals surface area contributed by atoms with Gasteiger partial charge in [-0.25, -0.2) is 0 Å². The molecule has 0 aliphatic heterocycles. The number of hydrogen-bond donors (Lipinski definition) is 0. The summed E-state index contributed by atoms with van der Waals surface area (Å²) in [6, 6.07) is 5.48. The van der Waals surface area contributed by atoms with Crippen LogP contribution in [0, 0.1) is 0 Å². The van der Waals surface area contributed by atoms with Crippen molar-refractivity contribution in [1.29, 1.82) is 0 Å². The third-order valence-corrected chi connectivity index (χ3v) is 2.28. The lowest BCUT2D eigenvalue weighted by Gasteiger charge is -2.08. The maximum atomic E-state index is 11.2. The van der Waals surface area contributed by atoms with Gasteiger partial charge >= 0.3 is 0 Å². The molecule has 0 unspecified atom stereocenters. The van der Waals surface area contributed by atoms with Crippen molar-refractivity contribution < 1.29 is 4.79 Å². The summed E-state index contributed by atoms with van der Waals surface area (Å²) in [7, 11) is 0. The molecular formula is C9H8Cl3NO. The van der Waals surface area contributed by atoms with Gasteiger partial charge in [0.25, 0.3) is 0 Å². The molecule has 0 fully saturated rings. The Morgan fingerprint density at radius 3 is 2.57 bits per heavy atom. The van der Waals surface area contributed by atoms with Crippen molar-refractivity contribution in [1.82, 2.24) is 4.98 Å². The molecule has 1 heterocycles. The Hall–Kier alpha value is -0.310. The molecule has 1 rings (SSSR count). The molecule has 1 aromatic rings. The first-order valence-corrected chi connectivity index (χ1v) is 5.13. The number of pyridine rings is 1. The zero-order valence-corrected chi connectivity index (χ0v) is 9.48. The van der Waals surface area contributed by atoms with Crippen LogP contribution in [-0.4, -0.2) is 14.6 Å². The molecule has 1 aromatic heterocycles. The van der Waals surface area contributed by atoms with E-state index in [1.54, 1.807) is 12.3 Å². The summed E-state index contributed by atoms with van der Waals surface area (Å²) >= 11 is 16.2. The number of Topliss-reactive ketones (excluding diaryl/α,β-unsaturated/α-hetero) is 1. The van der Waals surface area contributed by atoms with Gasteiger partial charge in [0.05, 0.1) is 0 Å². The molecule has 2 nitrogen and oxygen atoms in total. The average molecular weight is 253 g/mol. The van der Waals surface area contributed by atoms with E-state index >= 15 is 0 Å². The van der Waals surface area contributed by atoms with E-state index in [1.165, 1.54) is 0 Å². The first-order chi connectivity index (χ1) is 6.50. The zero-order chi connectivity index (χ0) is 10.6. The van der Waals surface area contributed by atoms with Crippen molar-refractivity contribution in [2.24, 2.45) is 0 Å². The van der Waals surface area contributed by atoms with E-state index in [2.05, 4.69) is 4.98 Å². The molecule has 0 aliphatic carbocycles. The lowest BCUT2D eigenvalue weighted by Crippen LogP contribution is -2.19. The van der Waals surface area contributed by atoms with Crippen molar-refractivity contribution in [3.63, 3.8) is 0 Å². The van der Waals surface area contributed by atoms with Crippen LogP contribution in [0.4, 0.5) is 0 Å². The first kappa shape index (κ1) is 11.8. The number of aryl methyl sites for hydroxylation is 1. The fourth-order valence-electron chi connectivity index (χ4n) is 0.929. The minimum atomic E-state index is -1.81. The summed E-state index contributed by atoms with van der Waals surface area (Å²) < 4.78 is -1.81. The van der Waals surface area contributed by atoms with E-state index in [4.69, 9.17) is 34.8 Å². The van der Waals surface area contributed by atoms with Crippen molar-refractivity contribution in [3.8, 4) is 0 Å². The second-order valence-corrected chi connectivity index (χ2v) is 5.02. The van der Waals surface area contributed by atoms with Gasteiger partial charge in [0, 0.05) is 18.3 Å². The number of hydrogen-bond acceptors (Lipinski definition) is 2. The summed E-state index contributed by atoms with van der Waals surface area (Å²) in [5, 5.41) is 0. The van der Waals surface area contributed by atoms with E-state index in [1.807, 2.05) is 12.1 Å². The third-order valence-electron chi connectivity index (χ3n) is 1.65. The Balaban J connectivity index is 2.46. The van der Waals surface area contributed by atoms with Gasteiger partial charge in [-0.15, -0.1) is 0 Å². The molecule has 0 radical (unpaired) electrons. The fourth-order valence-corrected chi connectivity index (χ4v) is 1.21. The third kappa shape index (κ3) is 3.82. The van der Waals surface area contributed by atoms with E-state index < -0.39 is 9.58 Å². The number of carbonyl (C=O) groups is 1. The number of ketones is 1. The number of halogens is 3. The van der Waals surface area contributed by atoms with E-state index in [0.29, 0.717) is 6.42 Å². The van der Waals surface area contributed by atoms with Gasteiger partial charge in [-0.1, -0.05) is 40.9 Å². The van der Waals surface area contributed by atoms with E-state index in [-0.39, 0.29) is 6.42 Å². The van der Waals surface area contributed by atoms with Crippen molar-refractivity contribution >= 4 is 40.6 Å². The predicted molar refractivity (Wildman–Crippen MR) is 57.9 cm³/mol. The number of rotatable bonds is 3. The molecule has 0 N–H and O–H groups in total. The monoisotopic (exact) mass is 251 g/mol. The van der Waals surface area contributed by atoms with E-state index in [9.17, 15) is 4.79 Å². The molecule has 0 spiro atoms. The Morgan fingerprint density at radius 1 is 1.36 bits per heavy atom. The van der Waals surface area contributed by atoms with Crippen LogP contribution in [0.5, 0.6) is 0 Å². The van der Waals surface area contributed by atoms with Crippen LogP contribution in [0.2, 0.25) is 0 Å². The quantitative estimate of drug-likeness (QED) is 0.774. The van der Waals surface area contributed by atoms with Crippen molar-refractivity contribution in [2.75, 3.05) is 0 Å². The van der Waals surface area contributed by atoms with Crippen molar-refractivity contribution in [2.45, 2.75) is 16.6 Å². The van der Waals surface area contributed by atoms with Crippen LogP contribution in [0.25, 0.3) is 0 Å². The normalized spacial score (nSPS) is 11.4. The largest absolute Gasteiger partial charge is 0.295 e. The van der Waals surface area contributed by atoms with Crippen LogP contribution in [-0.2, 0) is 11.2 Å². The summed E-state index contributed by atoms with van der Waals surface area (Å²) in [4.78, 5) is 15.3. The second-order valence-electron chi connectivity index (χ2n) is 2.74. The Labute approximate surface area is 97.2 Å². The van der Waals surface area contributed by atoms with Crippen molar-refractivity contribution in [3.05, 3.63) is 30.1 Å². The first-order valence-electron chi connectivity index (χ1n) is 4.00. The van der Waals surface area contributed by atoms with Crippen LogP contribution >= 0.6 is 34.8 Å². The van der Waals surface area contributed by atoms with Gasteiger partial charge in [-0.05, 0) is 18.6 Å². The molecule has 0 aliphatic rings. The number of alkyl halides is 3. The summed E-state index contributed by atoms with van der Waals surface area (Å²) in [6.07, 6.45) is 2.34. The maximum Gasteiger partial charge on any atom is 0.248 e. The maximum absolute atomic E-state index is 11.2. The number of nitrogens with zero attached hydrogens (tertiary/aromatic N) is 1. The Morgan fingerprint density at radius 2 is 2.07 bits per heavy atom. The highest BCUT2D eigenvalue weighted by atomic mass is 35.6. The minimum Gasteiger partial charge on any atom is -0.295 e. The van der Waals surface area contributed by atoms with Crippen LogP contribution in [0.3, 0.4) is 0 Å². The SMILES string of the molecule is O=C(CCc1ccccn1)C(Cl)(Cl)Cl. The number of aromatic nitrogens is 1. The summed E-state index contributed by atoms with van der Waals surface area (Å²) in [6.45, 7) is 0. The van der Waals surface area contributed by atoms with Gasteiger partial charge in [0.15, 0.2) is 5.78 Å². The molecule has 0 amide bonds. The van der Waals surface area contributed by atoms with Crippen LogP contribution in [0.15, 0.2) is 24.4 Å². The molecular weight excluding hydrogens is 244 g/mol. The highest BCUT2D eigenvalue weighted by Crippen LogP contribution is 2.28. The van der Waals surface area contributed by atoms with Gasteiger partial charge in [-0.3, -0.25) is 9.78 Å². The smallest absolute Gasteiger partial charge is 0.248 e. The summed E-state index contributed by atoms with van der Waals surface area (Å²) in [5.74, 6) is -0.409. The topological polar surface area (TPSA) is 30.0 Å². The Bertz CT molecular complexity index is 308. The minimum absolute atomic E-state index is 0.188. The molecule has 0 atom stereocenters. The molecule has 14 heavy (non-hydrogen) atoms. The molecule has 0 saturated carbocycles.